The van der Waals surface area contributed by atoms with Crippen molar-refractivity contribution >= 4 is 44.0 Å². The van der Waals surface area contributed by atoms with Crippen molar-refractivity contribution in [2.75, 3.05) is 17.7 Å². The van der Waals surface area contributed by atoms with Crippen LogP contribution in [-0.2, 0) is 0 Å². The number of anilines is 2. The molecule has 0 aliphatic carbocycles. The SMILES string of the molecule is CNc1nnc(C(=O)Nc2ccc(F)cc2Br)s1. The number of hydrogen-bond donors (Lipinski definition) is 2. The Bertz CT molecular complexity index is 589. The second-order valence-corrected chi connectivity index (χ2v) is 5.07. The van der Waals surface area contributed by atoms with Crippen molar-refractivity contribution in [3.05, 3.63) is 33.5 Å². The van der Waals surface area contributed by atoms with Gasteiger partial charge in [0.15, 0.2) is 0 Å². The van der Waals surface area contributed by atoms with Crippen LogP contribution >= 0.6 is 27.3 Å². The zero-order chi connectivity index (χ0) is 13.1. The molecule has 0 saturated carbocycles. The standard InChI is InChI=1S/C10H8BrFN4OS/c1-13-10-16-15-9(18-10)8(17)14-7-3-2-5(12)4-6(7)11/h2-4H,1H3,(H,13,16)(H,14,17). The number of hydrogen-bond acceptors (Lipinski definition) is 5. The van der Waals surface area contributed by atoms with Crippen LogP contribution in [-0.4, -0.2) is 23.2 Å². The van der Waals surface area contributed by atoms with Crippen LogP contribution in [0, 0.1) is 5.82 Å². The van der Waals surface area contributed by atoms with Crippen LogP contribution in [0.5, 0.6) is 0 Å². The molecule has 0 saturated heterocycles. The van der Waals surface area contributed by atoms with E-state index in [4.69, 9.17) is 0 Å². The fraction of sp³-hybridized carbons (Fsp3) is 0.100. The van der Waals surface area contributed by atoms with Crippen molar-refractivity contribution in [1.29, 1.82) is 0 Å². The number of rotatable bonds is 3. The number of benzene rings is 1. The molecule has 1 heterocycles. The molecule has 18 heavy (non-hydrogen) atoms. The van der Waals surface area contributed by atoms with Gasteiger partial charge in [-0.05, 0) is 34.1 Å². The van der Waals surface area contributed by atoms with Gasteiger partial charge in [0.25, 0.3) is 5.91 Å². The predicted molar refractivity (Wildman–Crippen MR) is 71.5 cm³/mol. The fourth-order valence-electron chi connectivity index (χ4n) is 1.18. The normalized spacial score (nSPS) is 10.2. The maximum absolute atomic E-state index is 12.9. The fourth-order valence-corrected chi connectivity index (χ4v) is 2.22. The van der Waals surface area contributed by atoms with Gasteiger partial charge >= 0.3 is 0 Å². The Kier molecular flexibility index (Phi) is 3.87. The van der Waals surface area contributed by atoms with Crippen molar-refractivity contribution in [3.8, 4) is 0 Å². The maximum Gasteiger partial charge on any atom is 0.286 e. The van der Waals surface area contributed by atoms with Gasteiger partial charge in [-0.25, -0.2) is 4.39 Å². The Morgan fingerprint density at radius 3 is 2.83 bits per heavy atom. The third-order valence-electron chi connectivity index (χ3n) is 2.01. The van der Waals surface area contributed by atoms with Crippen LogP contribution in [0.25, 0.3) is 0 Å². The summed E-state index contributed by atoms with van der Waals surface area (Å²) in [5.74, 6) is -0.769. The molecule has 0 radical (unpaired) electrons. The van der Waals surface area contributed by atoms with Crippen LogP contribution in [0.15, 0.2) is 22.7 Å². The van der Waals surface area contributed by atoms with Gasteiger partial charge in [-0.2, -0.15) is 0 Å². The summed E-state index contributed by atoms with van der Waals surface area (Å²) in [5, 5.41) is 13.7. The Labute approximate surface area is 115 Å². The molecule has 5 nitrogen and oxygen atoms in total. The molecular weight excluding hydrogens is 323 g/mol. The Morgan fingerprint density at radius 1 is 1.44 bits per heavy atom. The van der Waals surface area contributed by atoms with Crippen LogP contribution in [0.1, 0.15) is 9.80 Å². The summed E-state index contributed by atoms with van der Waals surface area (Å²) in [4.78, 5) is 11.8. The number of nitrogens with one attached hydrogen (secondary N) is 2. The lowest BCUT2D eigenvalue weighted by Crippen LogP contribution is -2.12. The molecule has 1 aromatic carbocycles. The number of nitrogens with zero attached hydrogens (tertiary/aromatic N) is 2. The van der Waals surface area contributed by atoms with Gasteiger partial charge in [-0.15, -0.1) is 10.2 Å². The molecule has 0 bridgehead atoms. The third kappa shape index (κ3) is 2.82. The minimum absolute atomic E-state index is 0.232. The average molecular weight is 331 g/mol. The van der Waals surface area contributed by atoms with Crippen LogP contribution < -0.4 is 10.6 Å². The number of carbonyl (C=O) groups is 1. The highest BCUT2D eigenvalue weighted by molar-refractivity contribution is 9.10. The van der Waals surface area contributed by atoms with Crippen molar-refractivity contribution in [1.82, 2.24) is 10.2 Å². The second-order valence-electron chi connectivity index (χ2n) is 3.24. The molecule has 1 aromatic heterocycles. The molecule has 2 N–H and O–H groups in total. The van der Waals surface area contributed by atoms with Gasteiger partial charge in [0.05, 0.1) is 5.69 Å². The van der Waals surface area contributed by atoms with E-state index >= 15 is 0 Å². The highest BCUT2D eigenvalue weighted by atomic mass is 79.9. The van der Waals surface area contributed by atoms with Gasteiger partial charge in [0.1, 0.15) is 5.82 Å². The number of aromatic nitrogens is 2. The lowest BCUT2D eigenvalue weighted by atomic mass is 10.3. The van der Waals surface area contributed by atoms with Crippen molar-refractivity contribution < 1.29 is 9.18 Å². The predicted octanol–water partition coefficient (Wildman–Crippen LogP) is 2.73. The van der Waals surface area contributed by atoms with Crippen LogP contribution in [0.2, 0.25) is 0 Å². The zero-order valence-corrected chi connectivity index (χ0v) is 11.6. The molecule has 8 heteroatoms. The first-order valence-corrected chi connectivity index (χ1v) is 6.49. The molecule has 0 fully saturated rings. The summed E-state index contributed by atoms with van der Waals surface area (Å²) in [6, 6.07) is 4.01. The van der Waals surface area contributed by atoms with Gasteiger partial charge < -0.3 is 10.6 Å². The van der Waals surface area contributed by atoms with E-state index in [0.29, 0.717) is 15.3 Å². The van der Waals surface area contributed by atoms with Gasteiger partial charge in [-0.3, -0.25) is 4.79 Å². The maximum atomic E-state index is 12.9. The highest BCUT2D eigenvalue weighted by Gasteiger charge is 2.13. The highest BCUT2D eigenvalue weighted by Crippen LogP contribution is 2.24. The lowest BCUT2D eigenvalue weighted by Gasteiger charge is -2.04. The van der Waals surface area contributed by atoms with E-state index in [1.807, 2.05) is 0 Å². The molecule has 94 valence electrons. The van der Waals surface area contributed by atoms with Gasteiger partial charge in [0, 0.05) is 11.5 Å². The molecule has 1 amide bonds. The molecule has 2 rings (SSSR count). The molecule has 0 atom stereocenters. The lowest BCUT2D eigenvalue weighted by molar-refractivity contribution is 0.102. The minimum Gasteiger partial charge on any atom is -0.363 e. The zero-order valence-electron chi connectivity index (χ0n) is 9.20. The molecule has 0 aliphatic rings. The number of halogens is 2. The van der Waals surface area contributed by atoms with E-state index in [-0.39, 0.29) is 16.7 Å². The molecule has 2 aromatic rings. The largest absolute Gasteiger partial charge is 0.363 e. The van der Waals surface area contributed by atoms with Crippen LogP contribution in [0.4, 0.5) is 15.2 Å². The number of amides is 1. The molecule has 0 unspecified atom stereocenters. The topological polar surface area (TPSA) is 66.9 Å². The van der Waals surface area contributed by atoms with Gasteiger partial charge in [-0.1, -0.05) is 11.3 Å². The molecule has 0 aliphatic heterocycles. The first-order chi connectivity index (χ1) is 8.60. The molecular formula is C10H8BrFN4OS. The summed E-state index contributed by atoms with van der Waals surface area (Å²) >= 11 is 4.30. The first-order valence-electron chi connectivity index (χ1n) is 4.88. The Balaban J connectivity index is 2.16. The van der Waals surface area contributed by atoms with Gasteiger partial charge in [0.2, 0.25) is 10.1 Å². The van der Waals surface area contributed by atoms with Crippen molar-refractivity contribution in [2.24, 2.45) is 0 Å². The Morgan fingerprint density at radius 2 is 2.22 bits per heavy atom. The summed E-state index contributed by atoms with van der Waals surface area (Å²) < 4.78 is 13.4. The second kappa shape index (κ2) is 5.40. The minimum atomic E-state index is -0.388. The van der Waals surface area contributed by atoms with E-state index < -0.39 is 0 Å². The summed E-state index contributed by atoms with van der Waals surface area (Å²) in [5.41, 5.74) is 0.475. The first kappa shape index (κ1) is 12.9. The van der Waals surface area contributed by atoms with Crippen molar-refractivity contribution in [3.63, 3.8) is 0 Å². The molecule has 0 spiro atoms. The summed E-state index contributed by atoms with van der Waals surface area (Å²) in [6.45, 7) is 0. The van der Waals surface area contributed by atoms with Crippen LogP contribution in [0.3, 0.4) is 0 Å². The van der Waals surface area contributed by atoms with E-state index in [0.717, 1.165) is 11.3 Å². The Hall–Kier alpha value is -1.54. The summed E-state index contributed by atoms with van der Waals surface area (Å²) in [7, 11) is 1.69. The number of carbonyl (C=O) groups excluding carboxylic acids is 1. The van der Waals surface area contributed by atoms with E-state index in [9.17, 15) is 9.18 Å². The smallest absolute Gasteiger partial charge is 0.286 e. The monoisotopic (exact) mass is 330 g/mol. The quantitative estimate of drug-likeness (QED) is 0.908. The third-order valence-corrected chi connectivity index (χ3v) is 3.61. The van der Waals surface area contributed by atoms with Crippen molar-refractivity contribution in [2.45, 2.75) is 0 Å². The van der Waals surface area contributed by atoms with E-state index in [2.05, 4.69) is 36.8 Å². The average Bonchev–Trinajstić information content (AvgIpc) is 2.81. The van der Waals surface area contributed by atoms with E-state index in [1.54, 1.807) is 7.05 Å². The van der Waals surface area contributed by atoms with E-state index in [1.165, 1.54) is 18.2 Å². The summed E-state index contributed by atoms with van der Waals surface area (Å²) in [6.07, 6.45) is 0.